The largest absolute Gasteiger partial charge is 0.496 e. The zero-order valence-electron chi connectivity index (χ0n) is 13.4. The summed E-state index contributed by atoms with van der Waals surface area (Å²) in [5.74, 6) is -0.723. The Morgan fingerprint density at radius 3 is 2.52 bits per heavy atom. The van der Waals surface area contributed by atoms with Crippen molar-refractivity contribution >= 4 is 11.9 Å². The first kappa shape index (κ1) is 15.8. The van der Waals surface area contributed by atoms with E-state index in [1.54, 1.807) is 12.0 Å². The highest BCUT2D eigenvalue weighted by Crippen LogP contribution is 2.39. The van der Waals surface area contributed by atoms with E-state index in [0.717, 1.165) is 31.2 Å². The molecule has 5 heteroatoms. The quantitative estimate of drug-likeness (QED) is 0.926. The summed E-state index contributed by atoms with van der Waals surface area (Å²) >= 11 is 0. The van der Waals surface area contributed by atoms with Gasteiger partial charge in [0.1, 0.15) is 5.75 Å². The van der Waals surface area contributed by atoms with Crippen LogP contribution in [0.15, 0.2) is 24.3 Å². The number of rotatable bonds is 4. The maximum absolute atomic E-state index is 12.6. The number of para-hydroxylation sites is 1. The molecule has 23 heavy (non-hydrogen) atoms. The van der Waals surface area contributed by atoms with Gasteiger partial charge in [0.2, 0.25) is 5.91 Å². The molecule has 5 nitrogen and oxygen atoms in total. The van der Waals surface area contributed by atoms with Crippen LogP contribution in [0.2, 0.25) is 0 Å². The molecule has 1 heterocycles. The van der Waals surface area contributed by atoms with Gasteiger partial charge in [0, 0.05) is 24.9 Å². The molecule has 1 aromatic carbocycles. The first-order valence-corrected chi connectivity index (χ1v) is 8.26. The predicted molar refractivity (Wildman–Crippen MR) is 85.4 cm³/mol. The standard InChI is InChI=1S/C18H23NO4/c1-23-16-9-5-4-8-13(16)14-10-19(11-15(14)18(21)22)17(20)12-6-2-3-7-12/h4-5,8-9,12,14-15H,2-3,6-7,10-11H2,1H3,(H,21,22). The van der Waals surface area contributed by atoms with Crippen LogP contribution < -0.4 is 4.74 Å². The monoisotopic (exact) mass is 317 g/mol. The molecule has 0 spiro atoms. The fourth-order valence-corrected chi connectivity index (χ4v) is 3.95. The van der Waals surface area contributed by atoms with Crippen molar-refractivity contribution in [3.8, 4) is 5.75 Å². The smallest absolute Gasteiger partial charge is 0.308 e. The van der Waals surface area contributed by atoms with E-state index >= 15 is 0 Å². The van der Waals surface area contributed by atoms with Crippen molar-refractivity contribution in [2.24, 2.45) is 11.8 Å². The van der Waals surface area contributed by atoms with E-state index in [0.29, 0.717) is 18.8 Å². The van der Waals surface area contributed by atoms with E-state index in [1.165, 1.54) is 0 Å². The van der Waals surface area contributed by atoms with E-state index in [2.05, 4.69) is 0 Å². The molecule has 2 fully saturated rings. The average molecular weight is 317 g/mol. The van der Waals surface area contributed by atoms with Crippen LogP contribution in [0.1, 0.15) is 37.2 Å². The number of amides is 1. The number of ether oxygens (including phenoxy) is 1. The van der Waals surface area contributed by atoms with Crippen molar-refractivity contribution in [2.45, 2.75) is 31.6 Å². The number of carboxylic acids is 1. The molecule has 1 amide bonds. The van der Waals surface area contributed by atoms with E-state index in [1.807, 2.05) is 24.3 Å². The lowest BCUT2D eigenvalue weighted by Gasteiger charge is -2.21. The van der Waals surface area contributed by atoms with Crippen LogP contribution in [-0.4, -0.2) is 42.1 Å². The number of hydrogen-bond acceptors (Lipinski definition) is 3. The molecule has 1 N–H and O–H groups in total. The highest BCUT2D eigenvalue weighted by atomic mass is 16.5. The van der Waals surface area contributed by atoms with Crippen LogP contribution in [0.3, 0.4) is 0 Å². The number of likely N-dealkylation sites (tertiary alicyclic amines) is 1. The summed E-state index contributed by atoms with van der Waals surface area (Å²) in [5.41, 5.74) is 0.879. The SMILES string of the molecule is COc1ccccc1C1CN(C(=O)C2CCCC2)CC1C(=O)O. The predicted octanol–water partition coefficient (Wildman–Crippen LogP) is 2.51. The fourth-order valence-electron chi connectivity index (χ4n) is 3.95. The summed E-state index contributed by atoms with van der Waals surface area (Å²) < 4.78 is 5.38. The number of methoxy groups -OCH3 is 1. The van der Waals surface area contributed by atoms with Gasteiger partial charge in [-0.15, -0.1) is 0 Å². The van der Waals surface area contributed by atoms with Gasteiger partial charge in [0.25, 0.3) is 0 Å². The van der Waals surface area contributed by atoms with Gasteiger partial charge >= 0.3 is 5.97 Å². The molecule has 124 valence electrons. The van der Waals surface area contributed by atoms with Crippen LogP contribution >= 0.6 is 0 Å². The second kappa shape index (κ2) is 6.60. The lowest BCUT2D eigenvalue weighted by atomic mass is 9.88. The van der Waals surface area contributed by atoms with Gasteiger partial charge in [-0.2, -0.15) is 0 Å². The van der Waals surface area contributed by atoms with Gasteiger partial charge in [0.05, 0.1) is 13.0 Å². The van der Waals surface area contributed by atoms with Crippen LogP contribution in [0.5, 0.6) is 5.75 Å². The second-order valence-electron chi connectivity index (χ2n) is 6.52. The van der Waals surface area contributed by atoms with Crippen molar-refractivity contribution in [3.05, 3.63) is 29.8 Å². The Labute approximate surface area is 136 Å². The number of aliphatic carboxylic acids is 1. The Morgan fingerprint density at radius 2 is 1.87 bits per heavy atom. The summed E-state index contributed by atoms with van der Waals surface area (Å²) in [6, 6.07) is 7.51. The van der Waals surface area contributed by atoms with Gasteiger partial charge in [-0.3, -0.25) is 9.59 Å². The fraction of sp³-hybridized carbons (Fsp3) is 0.556. The van der Waals surface area contributed by atoms with E-state index in [9.17, 15) is 14.7 Å². The summed E-state index contributed by atoms with van der Waals surface area (Å²) in [6.45, 7) is 0.764. The highest BCUT2D eigenvalue weighted by Gasteiger charge is 2.43. The minimum atomic E-state index is -0.845. The first-order valence-electron chi connectivity index (χ1n) is 8.26. The molecule has 1 aliphatic carbocycles. The Kier molecular flexibility index (Phi) is 4.55. The summed E-state index contributed by atoms with van der Waals surface area (Å²) in [5, 5.41) is 9.59. The molecule has 0 radical (unpaired) electrons. The van der Waals surface area contributed by atoms with E-state index in [-0.39, 0.29) is 17.7 Å². The normalized spacial score (nSPS) is 24.8. The third kappa shape index (κ3) is 3.05. The minimum absolute atomic E-state index is 0.0841. The maximum Gasteiger partial charge on any atom is 0.308 e. The van der Waals surface area contributed by atoms with E-state index < -0.39 is 11.9 Å². The number of nitrogens with zero attached hydrogens (tertiary/aromatic N) is 1. The lowest BCUT2D eigenvalue weighted by Crippen LogP contribution is -2.34. The van der Waals surface area contributed by atoms with Crippen LogP contribution in [0, 0.1) is 11.8 Å². The molecule has 1 saturated carbocycles. The number of benzene rings is 1. The zero-order valence-corrected chi connectivity index (χ0v) is 13.4. The van der Waals surface area contributed by atoms with Crippen molar-refractivity contribution in [1.82, 2.24) is 4.90 Å². The Hall–Kier alpha value is -2.04. The van der Waals surface area contributed by atoms with Crippen molar-refractivity contribution in [3.63, 3.8) is 0 Å². The molecular formula is C18H23NO4. The second-order valence-corrected chi connectivity index (χ2v) is 6.52. The third-order valence-corrected chi connectivity index (χ3v) is 5.19. The summed E-state index contributed by atoms with van der Waals surface area (Å²) in [6.07, 6.45) is 4.07. The Bertz CT molecular complexity index is 594. The molecule has 1 aromatic rings. The van der Waals surface area contributed by atoms with Crippen molar-refractivity contribution in [1.29, 1.82) is 0 Å². The molecule has 1 aliphatic heterocycles. The highest BCUT2D eigenvalue weighted by molar-refractivity contribution is 5.81. The minimum Gasteiger partial charge on any atom is -0.496 e. The topological polar surface area (TPSA) is 66.8 Å². The molecule has 2 aliphatic rings. The van der Waals surface area contributed by atoms with Gasteiger partial charge in [0.15, 0.2) is 0 Å². The molecular weight excluding hydrogens is 294 g/mol. The molecule has 2 atom stereocenters. The van der Waals surface area contributed by atoms with Gasteiger partial charge in [-0.25, -0.2) is 0 Å². The van der Waals surface area contributed by atoms with Crippen LogP contribution in [0.4, 0.5) is 0 Å². The summed E-state index contributed by atoms with van der Waals surface area (Å²) in [4.78, 5) is 26.1. The van der Waals surface area contributed by atoms with E-state index in [4.69, 9.17) is 4.74 Å². The third-order valence-electron chi connectivity index (χ3n) is 5.19. The van der Waals surface area contributed by atoms with Gasteiger partial charge < -0.3 is 14.7 Å². The van der Waals surface area contributed by atoms with Crippen molar-refractivity contribution in [2.75, 3.05) is 20.2 Å². The molecule has 0 bridgehead atoms. The molecule has 3 rings (SSSR count). The number of carbonyl (C=O) groups is 2. The molecule has 0 aromatic heterocycles. The first-order chi connectivity index (χ1) is 11.1. The average Bonchev–Trinajstić information content (AvgIpc) is 3.23. The van der Waals surface area contributed by atoms with Gasteiger partial charge in [-0.05, 0) is 24.5 Å². The maximum atomic E-state index is 12.6. The lowest BCUT2D eigenvalue weighted by molar-refractivity contribution is -0.142. The number of hydrogen-bond donors (Lipinski definition) is 1. The Morgan fingerprint density at radius 1 is 1.17 bits per heavy atom. The van der Waals surface area contributed by atoms with Crippen molar-refractivity contribution < 1.29 is 19.4 Å². The molecule has 2 unspecified atom stereocenters. The zero-order chi connectivity index (χ0) is 16.4. The summed E-state index contributed by atoms with van der Waals surface area (Å²) in [7, 11) is 1.59. The Balaban J connectivity index is 1.84. The molecule has 1 saturated heterocycles. The number of carboxylic acid groups (broad SMARTS) is 1. The van der Waals surface area contributed by atoms with Gasteiger partial charge in [-0.1, -0.05) is 31.0 Å². The number of carbonyl (C=O) groups excluding carboxylic acids is 1. The van der Waals surface area contributed by atoms with Crippen LogP contribution in [0.25, 0.3) is 0 Å². The van der Waals surface area contributed by atoms with Crippen LogP contribution in [-0.2, 0) is 9.59 Å².